The molecule has 3 rings (SSSR count). The van der Waals surface area contributed by atoms with Crippen molar-refractivity contribution >= 4 is 29.7 Å². The SMILES string of the molecule is COC(=O)CC(NC(=O)C(NC(=O)OCc1ccccc1)C(C)C(=O)[C@@H](N)CC(=O)OCc1ccccc1)c1ccccc1. The predicted octanol–water partition coefficient (Wildman–Crippen LogP) is 3.37. The molecule has 0 radical (unpaired) electrons. The number of Topliss-reactive ketones (excluding diaryl/α,β-unsaturated/α-hetero) is 1. The molecule has 0 saturated heterocycles. The van der Waals surface area contributed by atoms with E-state index in [-0.39, 0.29) is 19.6 Å². The Kier molecular flexibility index (Phi) is 13.1. The number of hydrogen-bond donors (Lipinski definition) is 3. The maximum atomic E-state index is 13.6. The van der Waals surface area contributed by atoms with Gasteiger partial charge in [0.1, 0.15) is 19.3 Å². The van der Waals surface area contributed by atoms with Gasteiger partial charge in [-0.2, -0.15) is 0 Å². The van der Waals surface area contributed by atoms with Crippen LogP contribution < -0.4 is 16.4 Å². The van der Waals surface area contributed by atoms with E-state index >= 15 is 0 Å². The van der Waals surface area contributed by atoms with Crippen molar-refractivity contribution in [3.63, 3.8) is 0 Å². The van der Waals surface area contributed by atoms with E-state index in [4.69, 9.17) is 19.9 Å². The fourth-order valence-electron chi connectivity index (χ4n) is 4.34. The Labute approximate surface area is 256 Å². The quantitative estimate of drug-likeness (QED) is 0.175. The second-order valence-electron chi connectivity index (χ2n) is 10.1. The van der Waals surface area contributed by atoms with Gasteiger partial charge in [-0.05, 0) is 16.7 Å². The third-order valence-corrected chi connectivity index (χ3v) is 6.83. The number of benzene rings is 3. The summed E-state index contributed by atoms with van der Waals surface area (Å²) >= 11 is 0. The number of ether oxygens (including phenoxy) is 3. The Morgan fingerprint density at radius 3 is 1.77 bits per heavy atom. The van der Waals surface area contributed by atoms with Crippen LogP contribution in [-0.2, 0) is 46.6 Å². The van der Waals surface area contributed by atoms with Gasteiger partial charge in [-0.25, -0.2) is 4.79 Å². The Bertz CT molecular complexity index is 1390. The molecule has 4 atom stereocenters. The number of nitrogens with one attached hydrogen (secondary N) is 2. The number of hydrogen-bond acceptors (Lipinski definition) is 9. The minimum atomic E-state index is -1.46. The summed E-state index contributed by atoms with van der Waals surface area (Å²) in [6.45, 7) is 1.35. The Hall–Kier alpha value is -5.03. The molecule has 232 valence electrons. The van der Waals surface area contributed by atoms with Crippen LogP contribution in [0, 0.1) is 5.92 Å². The van der Waals surface area contributed by atoms with Crippen molar-refractivity contribution in [3.8, 4) is 0 Å². The lowest BCUT2D eigenvalue weighted by atomic mass is 9.90. The number of carbonyl (C=O) groups excluding carboxylic acids is 5. The summed E-state index contributed by atoms with van der Waals surface area (Å²) in [6.07, 6.45) is -1.58. The second-order valence-corrected chi connectivity index (χ2v) is 10.1. The molecule has 3 unspecified atom stereocenters. The van der Waals surface area contributed by atoms with Gasteiger partial charge in [-0.15, -0.1) is 0 Å². The molecule has 11 nitrogen and oxygen atoms in total. The smallest absolute Gasteiger partial charge is 0.408 e. The molecule has 3 aromatic carbocycles. The van der Waals surface area contributed by atoms with Crippen molar-refractivity contribution in [2.45, 2.75) is 51.1 Å². The molecule has 0 saturated carbocycles. The molecule has 44 heavy (non-hydrogen) atoms. The molecule has 4 N–H and O–H groups in total. The summed E-state index contributed by atoms with van der Waals surface area (Å²) in [6, 6.07) is 23.0. The number of alkyl carbamates (subject to hydrolysis) is 1. The van der Waals surface area contributed by atoms with Gasteiger partial charge in [0.05, 0.1) is 32.0 Å². The zero-order chi connectivity index (χ0) is 31.9. The van der Waals surface area contributed by atoms with Crippen molar-refractivity contribution in [3.05, 3.63) is 108 Å². The molecular weight excluding hydrogens is 566 g/mol. The first-order valence-electron chi connectivity index (χ1n) is 14.1. The number of rotatable bonds is 15. The van der Waals surface area contributed by atoms with Crippen molar-refractivity contribution in [1.29, 1.82) is 0 Å². The number of esters is 2. The molecular formula is C33H37N3O8. The predicted molar refractivity (Wildman–Crippen MR) is 161 cm³/mol. The van der Waals surface area contributed by atoms with Crippen LogP contribution in [0.25, 0.3) is 0 Å². The number of methoxy groups -OCH3 is 1. The summed E-state index contributed by atoms with van der Waals surface area (Å²) in [4.78, 5) is 64.4. The lowest BCUT2D eigenvalue weighted by molar-refractivity contribution is -0.147. The molecule has 0 aromatic heterocycles. The summed E-state index contributed by atoms with van der Waals surface area (Å²) in [5.41, 5.74) is 8.17. The Morgan fingerprint density at radius 2 is 1.23 bits per heavy atom. The Morgan fingerprint density at radius 1 is 0.705 bits per heavy atom. The minimum absolute atomic E-state index is 0.0110. The van der Waals surface area contributed by atoms with Crippen LogP contribution in [-0.4, -0.2) is 48.9 Å². The van der Waals surface area contributed by atoms with E-state index < -0.39 is 60.2 Å². The zero-order valence-electron chi connectivity index (χ0n) is 24.6. The highest BCUT2D eigenvalue weighted by Gasteiger charge is 2.36. The highest BCUT2D eigenvalue weighted by Crippen LogP contribution is 2.19. The van der Waals surface area contributed by atoms with Gasteiger partial charge in [0.15, 0.2) is 5.78 Å². The molecule has 0 aliphatic carbocycles. The van der Waals surface area contributed by atoms with Crippen molar-refractivity contribution in [2.24, 2.45) is 11.7 Å². The molecule has 2 amide bonds. The molecule has 3 aromatic rings. The van der Waals surface area contributed by atoms with Crippen LogP contribution in [0.2, 0.25) is 0 Å². The highest BCUT2D eigenvalue weighted by atomic mass is 16.5. The lowest BCUT2D eigenvalue weighted by Gasteiger charge is -2.27. The van der Waals surface area contributed by atoms with Crippen LogP contribution in [0.1, 0.15) is 42.5 Å². The van der Waals surface area contributed by atoms with E-state index in [1.165, 1.54) is 14.0 Å². The minimum Gasteiger partial charge on any atom is -0.469 e. The van der Waals surface area contributed by atoms with Gasteiger partial charge in [-0.3, -0.25) is 19.2 Å². The van der Waals surface area contributed by atoms with Crippen LogP contribution in [0.15, 0.2) is 91.0 Å². The number of amides is 2. The first kappa shape index (κ1) is 33.5. The average molecular weight is 604 g/mol. The molecule has 0 spiro atoms. The van der Waals surface area contributed by atoms with Gasteiger partial charge in [0, 0.05) is 5.92 Å². The largest absolute Gasteiger partial charge is 0.469 e. The topological polar surface area (TPSA) is 163 Å². The van der Waals surface area contributed by atoms with E-state index in [0.717, 1.165) is 5.56 Å². The fourth-order valence-corrected chi connectivity index (χ4v) is 4.34. The number of ketones is 1. The molecule has 0 aliphatic rings. The standard InChI is InChI=1S/C33H37N3O8/c1-22(31(39)26(34)18-29(38)43-20-23-12-6-3-7-13-23)30(36-33(41)44-21-24-14-8-4-9-15-24)32(40)35-27(19-28(37)42-2)25-16-10-5-11-17-25/h3-17,22,26-27,30H,18-21,34H2,1-2H3,(H,35,40)(H,36,41)/t22?,26-,27?,30?/m0/s1. The fraction of sp³-hybridized carbons (Fsp3) is 0.303. The maximum absolute atomic E-state index is 13.6. The molecule has 0 fully saturated rings. The van der Waals surface area contributed by atoms with Crippen molar-refractivity contribution in [2.75, 3.05) is 7.11 Å². The Balaban J connectivity index is 1.74. The molecule has 11 heteroatoms. The van der Waals surface area contributed by atoms with E-state index in [1.807, 2.05) is 12.1 Å². The second kappa shape index (κ2) is 17.2. The van der Waals surface area contributed by atoms with Crippen LogP contribution in [0.5, 0.6) is 0 Å². The zero-order valence-corrected chi connectivity index (χ0v) is 24.6. The third kappa shape index (κ3) is 10.7. The summed E-state index contributed by atoms with van der Waals surface area (Å²) < 4.78 is 15.3. The molecule has 0 bridgehead atoms. The number of nitrogens with two attached hydrogens (primary N) is 1. The number of carbonyl (C=O) groups is 5. The van der Waals surface area contributed by atoms with Crippen LogP contribution in [0.3, 0.4) is 0 Å². The summed E-state index contributed by atoms with van der Waals surface area (Å²) in [7, 11) is 1.23. The van der Waals surface area contributed by atoms with Crippen LogP contribution >= 0.6 is 0 Å². The van der Waals surface area contributed by atoms with Gasteiger partial charge < -0.3 is 30.6 Å². The first-order valence-corrected chi connectivity index (χ1v) is 14.1. The summed E-state index contributed by atoms with van der Waals surface area (Å²) in [5, 5.41) is 5.20. The third-order valence-electron chi connectivity index (χ3n) is 6.83. The first-order chi connectivity index (χ1) is 21.2. The van der Waals surface area contributed by atoms with E-state index in [1.54, 1.807) is 78.9 Å². The van der Waals surface area contributed by atoms with E-state index in [2.05, 4.69) is 10.6 Å². The lowest BCUT2D eigenvalue weighted by Crippen LogP contribution is -2.55. The van der Waals surface area contributed by atoms with Gasteiger partial charge in [-0.1, -0.05) is 97.9 Å². The maximum Gasteiger partial charge on any atom is 0.408 e. The van der Waals surface area contributed by atoms with E-state index in [9.17, 15) is 24.0 Å². The normalized spacial score (nSPS) is 13.3. The van der Waals surface area contributed by atoms with Crippen molar-refractivity contribution < 1.29 is 38.2 Å². The highest BCUT2D eigenvalue weighted by molar-refractivity contribution is 5.96. The van der Waals surface area contributed by atoms with Crippen molar-refractivity contribution in [1.82, 2.24) is 10.6 Å². The monoisotopic (exact) mass is 603 g/mol. The van der Waals surface area contributed by atoms with Crippen LogP contribution in [0.4, 0.5) is 4.79 Å². The average Bonchev–Trinajstić information content (AvgIpc) is 3.05. The van der Waals surface area contributed by atoms with E-state index in [0.29, 0.717) is 11.1 Å². The van der Waals surface area contributed by atoms with Gasteiger partial charge >= 0.3 is 18.0 Å². The van der Waals surface area contributed by atoms with Gasteiger partial charge in [0.25, 0.3) is 0 Å². The van der Waals surface area contributed by atoms with Gasteiger partial charge in [0.2, 0.25) is 5.91 Å². The molecule has 0 heterocycles. The molecule has 0 aliphatic heterocycles. The summed E-state index contributed by atoms with van der Waals surface area (Å²) in [5.74, 6) is -3.88.